The number of nitrogens with one attached hydrogen (secondary N) is 1. The van der Waals surface area contributed by atoms with Crippen molar-refractivity contribution in [1.82, 2.24) is 9.62 Å². The van der Waals surface area contributed by atoms with Crippen LogP contribution in [0.5, 0.6) is 0 Å². The van der Waals surface area contributed by atoms with E-state index < -0.39 is 15.8 Å². The molecular formula is C12H18FN3O2S2. The van der Waals surface area contributed by atoms with Crippen molar-refractivity contribution >= 4 is 27.5 Å². The molecule has 0 aliphatic carbocycles. The molecule has 0 radical (unpaired) electrons. The van der Waals surface area contributed by atoms with Crippen LogP contribution in [0.2, 0.25) is 0 Å². The molecule has 20 heavy (non-hydrogen) atoms. The van der Waals surface area contributed by atoms with Gasteiger partial charge in [-0.1, -0.05) is 0 Å². The van der Waals surface area contributed by atoms with Gasteiger partial charge in [0.15, 0.2) is 0 Å². The van der Waals surface area contributed by atoms with Crippen LogP contribution in [-0.2, 0) is 10.0 Å². The van der Waals surface area contributed by atoms with Gasteiger partial charge in [-0.2, -0.15) is 11.8 Å². The fourth-order valence-corrected chi connectivity index (χ4v) is 4.03. The third-order valence-corrected chi connectivity index (χ3v) is 5.51. The van der Waals surface area contributed by atoms with Crippen LogP contribution < -0.4 is 10.5 Å². The first-order chi connectivity index (χ1) is 9.49. The van der Waals surface area contributed by atoms with Gasteiger partial charge in [-0.3, -0.25) is 0 Å². The zero-order valence-electron chi connectivity index (χ0n) is 11.0. The molecule has 1 aliphatic heterocycles. The zero-order chi connectivity index (χ0) is 14.6. The predicted octanol–water partition coefficient (Wildman–Crippen LogP) is 0.735. The van der Waals surface area contributed by atoms with E-state index in [1.165, 1.54) is 12.1 Å². The average Bonchev–Trinajstić information content (AvgIpc) is 2.39. The lowest BCUT2D eigenvalue weighted by atomic mass is 10.3. The van der Waals surface area contributed by atoms with Gasteiger partial charge in [-0.15, -0.1) is 0 Å². The van der Waals surface area contributed by atoms with Crippen LogP contribution >= 0.6 is 11.8 Å². The molecule has 0 unspecified atom stereocenters. The Morgan fingerprint density at radius 3 is 2.70 bits per heavy atom. The summed E-state index contributed by atoms with van der Waals surface area (Å²) in [5.74, 6) is 1.31. The second-order valence-electron chi connectivity index (χ2n) is 4.54. The van der Waals surface area contributed by atoms with Crippen LogP contribution in [-0.4, -0.2) is 51.0 Å². The first kappa shape index (κ1) is 15.6. The van der Waals surface area contributed by atoms with E-state index in [-0.39, 0.29) is 17.1 Å². The lowest BCUT2D eigenvalue weighted by Gasteiger charge is -2.25. The normalized spacial score (nSPS) is 17.2. The van der Waals surface area contributed by atoms with E-state index in [2.05, 4.69) is 9.62 Å². The number of nitrogens with two attached hydrogens (primary N) is 1. The van der Waals surface area contributed by atoms with Crippen molar-refractivity contribution in [2.45, 2.75) is 4.90 Å². The molecule has 1 aromatic carbocycles. The van der Waals surface area contributed by atoms with Crippen LogP contribution in [0.25, 0.3) is 0 Å². The number of nitrogen functional groups attached to an aromatic ring is 1. The molecule has 1 aromatic rings. The molecule has 1 aliphatic rings. The van der Waals surface area contributed by atoms with Gasteiger partial charge in [-0.25, -0.2) is 17.5 Å². The van der Waals surface area contributed by atoms with Crippen molar-refractivity contribution in [1.29, 1.82) is 0 Å². The largest absolute Gasteiger partial charge is 0.399 e. The molecular weight excluding hydrogens is 301 g/mol. The highest BCUT2D eigenvalue weighted by molar-refractivity contribution is 7.99. The molecule has 0 spiro atoms. The van der Waals surface area contributed by atoms with Crippen LogP contribution in [0.15, 0.2) is 23.1 Å². The molecule has 1 fully saturated rings. The predicted molar refractivity (Wildman–Crippen MR) is 79.8 cm³/mol. The van der Waals surface area contributed by atoms with Crippen molar-refractivity contribution in [3.63, 3.8) is 0 Å². The third-order valence-electron chi connectivity index (χ3n) is 3.07. The first-order valence-corrected chi connectivity index (χ1v) is 8.97. The number of thioether (sulfide) groups is 1. The first-order valence-electron chi connectivity index (χ1n) is 6.34. The Kier molecular flexibility index (Phi) is 5.25. The summed E-state index contributed by atoms with van der Waals surface area (Å²) >= 11 is 1.90. The quantitative estimate of drug-likeness (QED) is 0.783. The minimum absolute atomic E-state index is 0.201. The molecule has 1 saturated heterocycles. The summed E-state index contributed by atoms with van der Waals surface area (Å²) in [6, 6.07) is 3.57. The van der Waals surface area contributed by atoms with Crippen molar-refractivity contribution < 1.29 is 12.8 Å². The van der Waals surface area contributed by atoms with Crippen molar-refractivity contribution in [2.24, 2.45) is 0 Å². The molecule has 2 rings (SSSR count). The molecule has 112 valence electrons. The summed E-state index contributed by atoms with van der Waals surface area (Å²) in [7, 11) is -3.82. The highest BCUT2D eigenvalue weighted by Crippen LogP contribution is 2.16. The average molecular weight is 319 g/mol. The minimum Gasteiger partial charge on any atom is -0.399 e. The van der Waals surface area contributed by atoms with E-state index in [1.807, 2.05) is 11.8 Å². The Morgan fingerprint density at radius 2 is 2.05 bits per heavy atom. The van der Waals surface area contributed by atoms with E-state index in [0.717, 1.165) is 30.7 Å². The summed E-state index contributed by atoms with van der Waals surface area (Å²) in [5.41, 5.74) is 5.61. The number of benzene rings is 1. The number of hydrogen-bond acceptors (Lipinski definition) is 5. The highest BCUT2D eigenvalue weighted by Gasteiger charge is 2.19. The lowest BCUT2D eigenvalue weighted by Crippen LogP contribution is -2.39. The molecule has 5 nitrogen and oxygen atoms in total. The Balaban J connectivity index is 1.93. The topological polar surface area (TPSA) is 75.4 Å². The number of halogens is 1. The SMILES string of the molecule is Nc1ccc(S(=O)(=O)NCCN2CCSCC2)c(F)c1. The lowest BCUT2D eigenvalue weighted by molar-refractivity contribution is 0.307. The van der Waals surface area contributed by atoms with Gasteiger partial charge >= 0.3 is 0 Å². The molecule has 0 aromatic heterocycles. The number of hydrogen-bond donors (Lipinski definition) is 2. The smallest absolute Gasteiger partial charge is 0.243 e. The van der Waals surface area contributed by atoms with Gasteiger partial charge in [0.25, 0.3) is 0 Å². The number of nitrogens with zero attached hydrogens (tertiary/aromatic N) is 1. The van der Waals surface area contributed by atoms with Gasteiger partial charge in [0, 0.05) is 43.4 Å². The Morgan fingerprint density at radius 1 is 1.35 bits per heavy atom. The Bertz CT molecular complexity index is 560. The van der Waals surface area contributed by atoms with Crippen LogP contribution in [0.3, 0.4) is 0 Å². The molecule has 0 saturated carbocycles. The molecule has 3 N–H and O–H groups in total. The minimum atomic E-state index is -3.82. The third kappa shape index (κ3) is 4.08. The number of anilines is 1. The Labute approximate surface area is 122 Å². The van der Waals surface area contributed by atoms with Crippen molar-refractivity contribution in [2.75, 3.05) is 43.4 Å². The van der Waals surface area contributed by atoms with E-state index in [0.29, 0.717) is 6.54 Å². The number of sulfonamides is 1. The summed E-state index contributed by atoms with van der Waals surface area (Å²) < 4.78 is 40.0. The van der Waals surface area contributed by atoms with E-state index in [9.17, 15) is 12.8 Å². The molecule has 0 amide bonds. The maximum atomic E-state index is 13.6. The molecule has 0 atom stereocenters. The number of rotatable bonds is 5. The highest BCUT2D eigenvalue weighted by atomic mass is 32.2. The van der Waals surface area contributed by atoms with E-state index in [1.54, 1.807) is 0 Å². The van der Waals surface area contributed by atoms with Gasteiger partial charge in [0.05, 0.1) is 0 Å². The Hall–Kier alpha value is -0.830. The summed E-state index contributed by atoms with van der Waals surface area (Å²) in [6.45, 7) is 2.83. The maximum absolute atomic E-state index is 13.6. The second kappa shape index (κ2) is 6.75. The maximum Gasteiger partial charge on any atom is 0.243 e. The fraction of sp³-hybridized carbons (Fsp3) is 0.500. The van der Waals surface area contributed by atoms with E-state index >= 15 is 0 Å². The molecule has 1 heterocycles. The zero-order valence-corrected chi connectivity index (χ0v) is 12.6. The summed E-state index contributed by atoms with van der Waals surface area (Å²) in [4.78, 5) is 1.83. The van der Waals surface area contributed by atoms with Gasteiger partial charge in [0.2, 0.25) is 10.0 Å². The van der Waals surface area contributed by atoms with Crippen LogP contribution in [0.4, 0.5) is 10.1 Å². The van der Waals surface area contributed by atoms with Gasteiger partial charge < -0.3 is 10.6 Å². The standard InChI is InChI=1S/C12H18FN3O2S2/c13-11-9-10(14)1-2-12(11)20(17,18)15-3-4-16-5-7-19-8-6-16/h1-2,9,15H,3-8,14H2. The van der Waals surface area contributed by atoms with Gasteiger partial charge in [-0.05, 0) is 18.2 Å². The summed E-state index contributed by atoms with van der Waals surface area (Å²) in [6.07, 6.45) is 0. The van der Waals surface area contributed by atoms with Crippen LogP contribution in [0, 0.1) is 5.82 Å². The monoisotopic (exact) mass is 319 g/mol. The van der Waals surface area contributed by atoms with E-state index in [4.69, 9.17) is 5.73 Å². The summed E-state index contributed by atoms with van der Waals surface area (Å²) in [5, 5.41) is 0. The fourth-order valence-electron chi connectivity index (χ4n) is 1.98. The van der Waals surface area contributed by atoms with Crippen molar-refractivity contribution in [3.8, 4) is 0 Å². The van der Waals surface area contributed by atoms with Crippen molar-refractivity contribution in [3.05, 3.63) is 24.0 Å². The second-order valence-corrected chi connectivity index (χ2v) is 7.50. The molecule has 8 heteroatoms. The van der Waals surface area contributed by atoms with Gasteiger partial charge in [0.1, 0.15) is 10.7 Å². The molecule has 0 bridgehead atoms. The van der Waals surface area contributed by atoms with Crippen LogP contribution in [0.1, 0.15) is 0 Å².